The number of aliphatic hydroxyl groups is 1. The van der Waals surface area contributed by atoms with Gasteiger partial charge in [-0.05, 0) is 0 Å². The van der Waals surface area contributed by atoms with Gasteiger partial charge in [0.15, 0.2) is 12.4 Å². The summed E-state index contributed by atoms with van der Waals surface area (Å²) in [4.78, 5) is 11.2. The van der Waals surface area contributed by atoms with Crippen molar-refractivity contribution in [1.29, 1.82) is 0 Å². The van der Waals surface area contributed by atoms with Crippen molar-refractivity contribution in [2.45, 2.75) is 24.6 Å². The molecule has 17 heavy (non-hydrogen) atoms. The van der Waals surface area contributed by atoms with Crippen LogP contribution in [-0.4, -0.2) is 36.0 Å². The topological polar surface area (TPSA) is 65.0 Å². The number of hydrogen-bond acceptors (Lipinski definition) is 5. The number of fused-ring (bicyclic) bond motifs is 1. The molecule has 5 nitrogen and oxygen atoms in total. The minimum Gasteiger partial charge on any atom is -0.461 e. The third kappa shape index (κ3) is 1.82. The fourth-order valence-electron chi connectivity index (χ4n) is 2.06. The molecule has 0 amide bonds. The van der Waals surface area contributed by atoms with Gasteiger partial charge >= 0.3 is 5.97 Å². The normalized spacial score (nSPS) is 36.4. The van der Waals surface area contributed by atoms with Crippen LogP contribution in [0.5, 0.6) is 0 Å². The lowest BCUT2D eigenvalue weighted by atomic mass is 10.1. The molecule has 0 unspecified atom stereocenters. The summed E-state index contributed by atoms with van der Waals surface area (Å²) in [6.07, 6.45) is -2.84. The molecule has 0 saturated carbocycles. The molecular formula is C12H12O5. The highest BCUT2D eigenvalue weighted by molar-refractivity contribution is 5.76. The van der Waals surface area contributed by atoms with Crippen molar-refractivity contribution in [3.8, 4) is 0 Å². The number of aliphatic hydroxyl groups excluding tert-OH is 1. The van der Waals surface area contributed by atoms with Gasteiger partial charge in [0.2, 0.25) is 0 Å². The molecule has 0 aliphatic carbocycles. The Hall–Kier alpha value is -1.43. The SMILES string of the molecule is O=C1OC[C@H]2O[C@H](c3ccccc3)O[C@H]2[C@H]1O. The van der Waals surface area contributed by atoms with E-state index in [1.54, 1.807) is 0 Å². The summed E-state index contributed by atoms with van der Waals surface area (Å²) in [7, 11) is 0. The molecule has 90 valence electrons. The predicted octanol–water partition coefficient (Wildman–Crippen LogP) is 0.387. The second-order valence-electron chi connectivity index (χ2n) is 4.09. The maximum absolute atomic E-state index is 11.2. The first-order chi connectivity index (χ1) is 8.25. The van der Waals surface area contributed by atoms with E-state index in [1.165, 1.54) is 0 Å². The summed E-state index contributed by atoms with van der Waals surface area (Å²) in [5.74, 6) is -0.649. The van der Waals surface area contributed by atoms with Crippen molar-refractivity contribution in [2.75, 3.05) is 6.61 Å². The molecule has 1 aromatic carbocycles. The zero-order valence-corrected chi connectivity index (χ0v) is 8.98. The van der Waals surface area contributed by atoms with Gasteiger partial charge in [0.1, 0.15) is 18.8 Å². The van der Waals surface area contributed by atoms with Crippen molar-refractivity contribution in [3.05, 3.63) is 35.9 Å². The Labute approximate surface area is 97.9 Å². The van der Waals surface area contributed by atoms with Crippen LogP contribution in [0.3, 0.4) is 0 Å². The number of esters is 1. The van der Waals surface area contributed by atoms with E-state index >= 15 is 0 Å². The maximum atomic E-state index is 11.2. The molecule has 1 aromatic rings. The number of benzene rings is 1. The first-order valence-corrected chi connectivity index (χ1v) is 5.46. The van der Waals surface area contributed by atoms with E-state index in [0.717, 1.165) is 5.56 Å². The summed E-state index contributed by atoms with van der Waals surface area (Å²) in [6.45, 7) is 0.129. The molecule has 2 fully saturated rings. The molecule has 2 aliphatic heterocycles. The Morgan fingerprint density at radius 2 is 1.94 bits per heavy atom. The van der Waals surface area contributed by atoms with Gasteiger partial charge in [-0.25, -0.2) is 4.79 Å². The fourth-order valence-corrected chi connectivity index (χ4v) is 2.06. The molecule has 2 heterocycles. The Morgan fingerprint density at radius 1 is 1.18 bits per heavy atom. The first kappa shape index (κ1) is 10.7. The lowest BCUT2D eigenvalue weighted by Gasteiger charge is -2.25. The van der Waals surface area contributed by atoms with E-state index in [9.17, 15) is 9.90 Å². The zero-order valence-electron chi connectivity index (χ0n) is 8.98. The molecule has 0 bridgehead atoms. The van der Waals surface area contributed by atoms with Crippen LogP contribution in [0.1, 0.15) is 11.9 Å². The van der Waals surface area contributed by atoms with Gasteiger partial charge in [-0.3, -0.25) is 0 Å². The molecule has 4 atom stereocenters. The van der Waals surface area contributed by atoms with E-state index in [1.807, 2.05) is 30.3 Å². The highest BCUT2D eigenvalue weighted by atomic mass is 16.7. The molecule has 1 N–H and O–H groups in total. The molecule has 5 heteroatoms. The third-order valence-corrected chi connectivity index (χ3v) is 2.96. The third-order valence-electron chi connectivity index (χ3n) is 2.96. The van der Waals surface area contributed by atoms with Crippen molar-refractivity contribution in [2.24, 2.45) is 0 Å². The number of carbonyl (C=O) groups is 1. The van der Waals surface area contributed by atoms with Gasteiger partial charge in [-0.1, -0.05) is 30.3 Å². The van der Waals surface area contributed by atoms with Gasteiger partial charge in [-0.15, -0.1) is 0 Å². The number of ether oxygens (including phenoxy) is 3. The van der Waals surface area contributed by atoms with Crippen molar-refractivity contribution in [3.63, 3.8) is 0 Å². The quantitative estimate of drug-likeness (QED) is 0.714. The van der Waals surface area contributed by atoms with Crippen LogP contribution < -0.4 is 0 Å². The van der Waals surface area contributed by atoms with Gasteiger partial charge in [0, 0.05) is 5.56 Å². The van der Waals surface area contributed by atoms with Crippen LogP contribution in [-0.2, 0) is 19.0 Å². The van der Waals surface area contributed by atoms with Crippen LogP contribution in [0, 0.1) is 0 Å². The van der Waals surface area contributed by atoms with E-state index in [0.29, 0.717) is 0 Å². The van der Waals surface area contributed by atoms with Gasteiger partial charge in [0.25, 0.3) is 0 Å². The average molecular weight is 236 g/mol. The summed E-state index contributed by atoms with van der Waals surface area (Å²) >= 11 is 0. The van der Waals surface area contributed by atoms with Gasteiger partial charge in [0.05, 0.1) is 0 Å². The predicted molar refractivity (Wildman–Crippen MR) is 55.9 cm³/mol. The van der Waals surface area contributed by atoms with Crippen molar-refractivity contribution >= 4 is 5.97 Å². The zero-order chi connectivity index (χ0) is 11.8. The maximum Gasteiger partial charge on any atom is 0.337 e. The largest absolute Gasteiger partial charge is 0.461 e. The van der Waals surface area contributed by atoms with E-state index < -0.39 is 30.6 Å². The second-order valence-corrected chi connectivity index (χ2v) is 4.09. The van der Waals surface area contributed by atoms with Crippen molar-refractivity contribution < 1.29 is 24.1 Å². The molecule has 2 saturated heterocycles. The minimum atomic E-state index is -1.26. The van der Waals surface area contributed by atoms with E-state index in [-0.39, 0.29) is 6.61 Å². The summed E-state index contributed by atoms with van der Waals surface area (Å²) in [6, 6.07) is 9.39. The Kier molecular flexibility index (Phi) is 2.58. The van der Waals surface area contributed by atoms with E-state index in [4.69, 9.17) is 14.2 Å². The van der Waals surface area contributed by atoms with E-state index in [2.05, 4.69) is 0 Å². The first-order valence-electron chi connectivity index (χ1n) is 5.46. The molecule has 0 aromatic heterocycles. The smallest absolute Gasteiger partial charge is 0.337 e. The van der Waals surface area contributed by atoms with Crippen LogP contribution >= 0.6 is 0 Å². The highest BCUT2D eigenvalue weighted by Gasteiger charge is 2.48. The minimum absolute atomic E-state index is 0.129. The fraction of sp³-hybridized carbons (Fsp3) is 0.417. The number of hydrogen-bond donors (Lipinski definition) is 1. The van der Waals surface area contributed by atoms with Crippen LogP contribution in [0.15, 0.2) is 30.3 Å². The lowest BCUT2D eigenvalue weighted by Crippen LogP contribution is -2.48. The Morgan fingerprint density at radius 3 is 2.71 bits per heavy atom. The average Bonchev–Trinajstić information content (AvgIpc) is 2.80. The Balaban J connectivity index is 1.79. The van der Waals surface area contributed by atoms with Crippen LogP contribution in [0.4, 0.5) is 0 Å². The number of carbonyl (C=O) groups excluding carboxylic acids is 1. The Bertz CT molecular complexity index is 418. The summed E-state index contributed by atoms with van der Waals surface area (Å²) < 4.78 is 16.0. The standard InChI is InChI=1S/C12H12O5/c13-9-10-8(6-15-11(9)14)16-12(17-10)7-4-2-1-3-5-7/h1-5,8-10,12-13H,6H2/t8-,9-,10-,12+/m1/s1. The number of rotatable bonds is 1. The number of cyclic esters (lactones) is 1. The second kappa shape index (κ2) is 4.10. The molecular weight excluding hydrogens is 224 g/mol. The van der Waals surface area contributed by atoms with Crippen LogP contribution in [0.2, 0.25) is 0 Å². The molecule has 0 radical (unpaired) electrons. The summed E-state index contributed by atoms with van der Waals surface area (Å²) in [5.41, 5.74) is 0.863. The highest BCUT2D eigenvalue weighted by Crippen LogP contribution is 2.34. The van der Waals surface area contributed by atoms with Gasteiger partial charge < -0.3 is 19.3 Å². The lowest BCUT2D eigenvalue weighted by molar-refractivity contribution is -0.173. The van der Waals surface area contributed by atoms with Crippen LogP contribution in [0.25, 0.3) is 0 Å². The molecule has 0 spiro atoms. The van der Waals surface area contributed by atoms with Gasteiger partial charge in [-0.2, -0.15) is 0 Å². The molecule has 3 rings (SSSR count). The summed E-state index contributed by atoms with van der Waals surface area (Å²) in [5, 5.41) is 9.63. The monoisotopic (exact) mass is 236 g/mol. The molecule has 2 aliphatic rings. The van der Waals surface area contributed by atoms with Crippen molar-refractivity contribution in [1.82, 2.24) is 0 Å².